The van der Waals surface area contributed by atoms with E-state index in [2.05, 4.69) is 12.2 Å². The Morgan fingerprint density at radius 2 is 1.70 bits per heavy atom. The topological polar surface area (TPSA) is 12.0 Å². The van der Waals surface area contributed by atoms with Gasteiger partial charge in [-0.25, -0.2) is 0 Å². The molecule has 1 atom stereocenters. The van der Waals surface area contributed by atoms with E-state index in [4.69, 9.17) is 0 Å². The normalized spacial score (nSPS) is 30.3. The van der Waals surface area contributed by atoms with Crippen LogP contribution >= 0.6 is 0 Å². The molecule has 0 unspecified atom stereocenters. The van der Waals surface area contributed by atoms with Gasteiger partial charge >= 0.3 is 0 Å². The second kappa shape index (κ2) is 4.73. The van der Waals surface area contributed by atoms with Crippen molar-refractivity contribution in [2.24, 2.45) is 5.92 Å². The van der Waals surface area contributed by atoms with Crippen molar-refractivity contribution < 1.29 is 0 Å². The molecule has 1 heteroatoms. The Balaban J connectivity index is 2.15. The quantitative estimate of drug-likeness (QED) is 0.545. The van der Waals surface area contributed by atoms with E-state index < -0.39 is 0 Å². The zero-order chi connectivity index (χ0) is 7.23. The molecular formula is C9H19N. The monoisotopic (exact) mass is 141 g/mol. The molecule has 0 aromatic rings. The Labute approximate surface area is 64.2 Å². The highest BCUT2D eigenvalue weighted by Crippen LogP contribution is 2.14. The van der Waals surface area contributed by atoms with Crippen LogP contribution in [0.2, 0.25) is 0 Å². The first kappa shape index (κ1) is 8.06. The lowest BCUT2D eigenvalue weighted by Crippen LogP contribution is -2.15. The lowest BCUT2D eigenvalue weighted by Gasteiger charge is -2.06. The molecule has 60 valence electrons. The van der Waals surface area contributed by atoms with E-state index in [0.717, 1.165) is 5.92 Å². The van der Waals surface area contributed by atoms with Gasteiger partial charge in [0.15, 0.2) is 0 Å². The van der Waals surface area contributed by atoms with E-state index in [1.165, 1.54) is 45.2 Å². The molecule has 0 aliphatic carbocycles. The number of nitrogens with one attached hydrogen (secondary N) is 1. The van der Waals surface area contributed by atoms with Crippen LogP contribution in [-0.2, 0) is 0 Å². The minimum Gasteiger partial charge on any atom is -0.317 e. The molecule has 0 bridgehead atoms. The summed E-state index contributed by atoms with van der Waals surface area (Å²) < 4.78 is 0. The summed E-state index contributed by atoms with van der Waals surface area (Å²) in [5, 5.41) is 3.45. The predicted octanol–water partition coefficient (Wildman–Crippen LogP) is 2.18. The van der Waals surface area contributed by atoms with Gasteiger partial charge in [-0.3, -0.25) is 0 Å². The van der Waals surface area contributed by atoms with E-state index in [1.807, 2.05) is 0 Å². The summed E-state index contributed by atoms with van der Waals surface area (Å²) in [6.07, 6.45) is 7.05. The van der Waals surface area contributed by atoms with Crippen LogP contribution in [0.5, 0.6) is 0 Å². The van der Waals surface area contributed by atoms with E-state index in [9.17, 15) is 0 Å². The van der Waals surface area contributed by atoms with Gasteiger partial charge in [0.05, 0.1) is 0 Å². The second-order valence-corrected chi connectivity index (χ2v) is 3.49. The molecular weight excluding hydrogens is 122 g/mol. The van der Waals surface area contributed by atoms with Crippen LogP contribution in [0, 0.1) is 5.92 Å². The molecule has 0 spiro atoms. The van der Waals surface area contributed by atoms with Crippen molar-refractivity contribution in [1.29, 1.82) is 0 Å². The standard InChI is InChI=1S/C9H19N/c1-9-5-2-3-7-10-8-4-6-9/h9-10H,2-8H2,1H3/t9-/m0/s1. The fourth-order valence-electron chi connectivity index (χ4n) is 1.59. The first-order valence-corrected chi connectivity index (χ1v) is 4.60. The Morgan fingerprint density at radius 1 is 1.00 bits per heavy atom. The number of rotatable bonds is 0. The van der Waals surface area contributed by atoms with E-state index >= 15 is 0 Å². The Bertz CT molecular complexity index is 70.8. The molecule has 1 saturated heterocycles. The molecule has 1 fully saturated rings. The maximum atomic E-state index is 3.45. The van der Waals surface area contributed by atoms with Gasteiger partial charge in [0.1, 0.15) is 0 Å². The molecule has 1 nitrogen and oxygen atoms in total. The van der Waals surface area contributed by atoms with E-state index in [0.29, 0.717) is 0 Å². The molecule has 1 aliphatic rings. The molecule has 0 radical (unpaired) electrons. The van der Waals surface area contributed by atoms with E-state index in [1.54, 1.807) is 0 Å². The van der Waals surface area contributed by atoms with Crippen molar-refractivity contribution in [3.05, 3.63) is 0 Å². The lowest BCUT2D eigenvalue weighted by atomic mass is 10.00. The summed E-state index contributed by atoms with van der Waals surface area (Å²) in [5.41, 5.74) is 0. The van der Waals surface area contributed by atoms with E-state index in [-0.39, 0.29) is 0 Å². The Hall–Kier alpha value is -0.0400. The van der Waals surface area contributed by atoms with Gasteiger partial charge < -0.3 is 5.32 Å². The molecule has 10 heavy (non-hydrogen) atoms. The maximum absolute atomic E-state index is 3.45. The van der Waals surface area contributed by atoms with Crippen LogP contribution in [0.15, 0.2) is 0 Å². The number of hydrogen-bond acceptors (Lipinski definition) is 1. The van der Waals surface area contributed by atoms with Crippen LogP contribution in [0.3, 0.4) is 0 Å². The minimum absolute atomic E-state index is 0.972. The number of hydrogen-bond donors (Lipinski definition) is 1. The zero-order valence-corrected chi connectivity index (χ0v) is 7.03. The molecule has 1 N–H and O–H groups in total. The second-order valence-electron chi connectivity index (χ2n) is 3.49. The maximum Gasteiger partial charge on any atom is -0.00488 e. The summed E-state index contributed by atoms with van der Waals surface area (Å²) in [4.78, 5) is 0. The third-order valence-corrected chi connectivity index (χ3v) is 2.35. The largest absolute Gasteiger partial charge is 0.317 e. The molecule has 1 rings (SSSR count). The molecule has 0 aromatic heterocycles. The SMILES string of the molecule is C[C@H]1CCCCNCCC1. The highest BCUT2D eigenvalue weighted by molar-refractivity contribution is 4.59. The highest BCUT2D eigenvalue weighted by Gasteiger charge is 2.03. The summed E-state index contributed by atoms with van der Waals surface area (Å²) in [6.45, 7) is 4.86. The van der Waals surface area contributed by atoms with Gasteiger partial charge in [-0.1, -0.05) is 19.8 Å². The fourth-order valence-corrected chi connectivity index (χ4v) is 1.59. The van der Waals surface area contributed by atoms with Crippen molar-refractivity contribution >= 4 is 0 Å². The van der Waals surface area contributed by atoms with Crippen molar-refractivity contribution in [1.82, 2.24) is 5.32 Å². The predicted molar refractivity (Wildman–Crippen MR) is 45.1 cm³/mol. The summed E-state index contributed by atoms with van der Waals surface area (Å²) in [5.74, 6) is 0.972. The lowest BCUT2D eigenvalue weighted by molar-refractivity contribution is 0.470. The summed E-state index contributed by atoms with van der Waals surface area (Å²) in [7, 11) is 0. The van der Waals surface area contributed by atoms with Crippen LogP contribution in [0.4, 0.5) is 0 Å². The highest BCUT2D eigenvalue weighted by atomic mass is 14.8. The molecule has 0 aromatic carbocycles. The van der Waals surface area contributed by atoms with Gasteiger partial charge in [0, 0.05) is 0 Å². The van der Waals surface area contributed by atoms with Crippen LogP contribution in [0.1, 0.15) is 39.0 Å². The summed E-state index contributed by atoms with van der Waals surface area (Å²) >= 11 is 0. The van der Waals surface area contributed by atoms with Gasteiger partial charge in [-0.15, -0.1) is 0 Å². The van der Waals surface area contributed by atoms with Crippen LogP contribution in [-0.4, -0.2) is 13.1 Å². The van der Waals surface area contributed by atoms with Gasteiger partial charge in [0.25, 0.3) is 0 Å². The van der Waals surface area contributed by atoms with Crippen LogP contribution in [0.25, 0.3) is 0 Å². The zero-order valence-electron chi connectivity index (χ0n) is 7.03. The Kier molecular flexibility index (Phi) is 3.81. The third-order valence-electron chi connectivity index (χ3n) is 2.35. The summed E-state index contributed by atoms with van der Waals surface area (Å²) in [6, 6.07) is 0. The molecule has 1 aliphatic heterocycles. The fraction of sp³-hybridized carbons (Fsp3) is 1.00. The smallest absolute Gasteiger partial charge is 0.00488 e. The van der Waals surface area contributed by atoms with Crippen molar-refractivity contribution in [3.63, 3.8) is 0 Å². The third kappa shape index (κ3) is 3.21. The van der Waals surface area contributed by atoms with Crippen molar-refractivity contribution in [2.45, 2.75) is 39.0 Å². The van der Waals surface area contributed by atoms with Gasteiger partial charge in [-0.05, 0) is 38.3 Å². The van der Waals surface area contributed by atoms with Gasteiger partial charge in [0.2, 0.25) is 0 Å². The Morgan fingerprint density at radius 3 is 2.60 bits per heavy atom. The van der Waals surface area contributed by atoms with Crippen molar-refractivity contribution in [2.75, 3.05) is 13.1 Å². The molecule has 0 amide bonds. The van der Waals surface area contributed by atoms with Crippen molar-refractivity contribution in [3.8, 4) is 0 Å². The van der Waals surface area contributed by atoms with Crippen LogP contribution < -0.4 is 5.32 Å². The molecule has 1 heterocycles. The molecule has 0 saturated carbocycles. The first-order chi connectivity index (χ1) is 4.89. The van der Waals surface area contributed by atoms with Gasteiger partial charge in [-0.2, -0.15) is 0 Å². The minimum atomic E-state index is 0.972. The first-order valence-electron chi connectivity index (χ1n) is 4.60. The average molecular weight is 141 g/mol. The average Bonchev–Trinajstić information content (AvgIpc) is 2.02.